The third kappa shape index (κ3) is 3.47. The summed E-state index contributed by atoms with van der Waals surface area (Å²) < 4.78 is 11.1. The fourth-order valence-electron chi connectivity index (χ4n) is 2.38. The van der Waals surface area contributed by atoms with Crippen LogP contribution in [0.15, 0.2) is 18.2 Å². The molecule has 0 spiro atoms. The van der Waals surface area contributed by atoms with Gasteiger partial charge in [-0.05, 0) is 38.0 Å². The topological polar surface area (TPSA) is 55.8 Å². The predicted octanol–water partition coefficient (Wildman–Crippen LogP) is 2.58. The number of aliphatic hydroxyl groups is 1. The lowest BCUT2D eigenvalue weighted by Gasteiger charge is -2.23. The van der Waals surface area contributed by atoms with Gasteiger partial charge in [-0.25, -0.2) is 0 Å². The smallest absolute Gasteiger partial charge is 0.161 e. The maximum atomic E-state index is 10.8. The van der Waals surface area contributed by atoms with Crippen molar-refractivity contribution in [1.29, 1.82) is 0 Å². The van der Waals surface area contributed by atoms with E-state index >= 15 is 0 Å². The highest BCUT2D eigenvalue weighted by molar-refractivity contribution is 5.76. The molecule has 0 aliphatic heterocycles. The minimum atomic E-state index is -0.715. The van der Waals surface area contributed by atoms with Gasteiger partial charge in [-0.3, -0.25) is 4.79 Å². The Morgan fingerprint density at radius 1 is 1.26 bits per heavy atom. The van der Waals surface area contributed by atoms with Crippen molar-refractivity contribution in [2.24, 2.45) is 0 Å². The number of carbonyl (C=O) groups is 1. The van der Waals surface area contributed by atoms with Gasteiger partial charge in [0.05, 0.1) is 12.2 Å². The molecule has 1 saturated carbocycles. The Morgan fingerprint density at radius 3 is 2.63 bits per heavy atom. The van der Waals surface area contributed by atoms with Crippen LogP contribution in [0.4, 0.5) is 0 Å². The zero-order chi connectivity index (χ0) is 13.7. The molecule has 2 rings (SSSR count). The summed E-state index contributed by atoms with van der Waals surface area (Å²) in [5.41, 5.74) is -0.164. The Balaban J connectivity index is 2.08. The number of hydrogen-bond acceptors (Lipinski definition) is 4. The molecule has 4 nitrogen and oxygen atoms in total. The lowest BCUT2D eigenvalue weighted by molar-refractivity contribution is 0.000601. The molecule has 0 radical (unpaired) electrons. The second-order valence-electron chi connectivity index (χ2n) is 4.98. The van der Waals surface area contributed by atoms with Gasteiger partial charge in [0.15, 0.2) is 11.5 Å². The maximum Gasteiger partial charge on any atom is 0.161 e. The molecule has 19 heavy (non-hydrogen) atoms. The van der Waals surface area contributed by atoms with Crippen LogP contribution in [-0.2, 0) is 0 Å². The zero-order valence-corrected chi connectivity index (χ0v) is 11.2. The van der Waals surface area contributed by atoms with Crippen molar-refractivity contribution in [1.82, 2.24) is 0 Å². The molecule has 0 aromatic heterocycles. The summed E-state index contributed by atoms with van der Waals surface area (Å²) in [6.45, 7) is 2.65. The van der Waals surface area contributed by atoms with E-state index in [1.807, 2.05) is 6.92 Å². The van der Waals surface area contributed by atoms with E-state index in [1.165, 1.54) is 0 Å². The SMILES string of the molecule is CCOc1cc(C=O)ccc1OCC1(O)CCCC1. The van der Waals surface area contributed by atoms with Crippen LogP contribution in [0.2, 0.25) is 0 Å². The van der Waals surface area contributed by atoms with Crippen LogP contribution in [0.25, 0.3) is 0 Å². The van der Waals surface area contributed by atoms with E-state index in [1.54, 1.807) is 18.2 Å². The van der Waals surface area contributed by atoms with Crippen molar-refractivity contribution in [3.8, 4) is 11.5 Å². The maximum absolute atomic E-state index is 10.8. The van der Waals surface area contributed by atoms with Crippen LogP contribution in [0.5, 0.6) is 11.5 Å². The molecule has 1 aromatic rings. The minimum absolute atomic E-state index is 0.271. The first-order valence-corrected chi connectivity index (χ1v) is 6.74. The van der Waals surface area contributed by atoms with Crippen LogP contribution in [0.3, 0.4) is 0 Å². The van der Waals surface area contributed by atoms with Crippen LogP contribution >= 0.6 is 0 Å². The molecule has 1 fully saturated rings. The highest BCUT2D eigenvalue weighted by Crippen LogP contribution is 2.33. The van der Waals surface area contributed by atoms with Gasteiger partial charge in [-0.15, -0.1) is 0 Å². The second-order valence-corrected chi connectivity index (χ2v) is 4.98. The molecule has 0 heterocycles. The molecule has 0 unspecified atom stereocenters. The monoisotopic (exact) mass is 264 g/mol. The molecular weight excluding hydrogens is 244 g/mol. The van der Waals surface area contributed by atoms with Gasteiger partial charge in [-0.1, -0.05) is 12.8 Å². The van der Waals surface area contributed by atoms with Crippen molar-refractivity contribution in [3.05, 3.63) is 23.8 Å². The van der Waals surface area contributed by atoms with Gasteiger partial charge >= 0.3 is 0 Å². The first-order chi connectivity index (χ1) is 9.17. The normalized spacial score (nSPS) is 17.2. The molecule has 0 atom stereocenters. The van der Waals surface area contributed by atoms with Crippen LogP contribution in [0.1, 0.15) is 43.0 Å². The third-order valence-electron chi connectivity index (χ3n) is 3.43. The van der Waals surface area contributed by atoms with Gasteiger partial charge in [0.2, 0.25) is 0 Å². The Kier molecular flexibility index (Phi) is 4.43. The van der Waals surface area contributed by atoms with Crippen LogP contribution < -0.4 is 9.47 Å². The molecule has 1 N–H and O–H groups in total. The van der Waals surface area contributed by atoms with Gasteiger partial charge in [0.25, 0.3) is 0 Å². The van der Waals surface area contributed by atoms with E-state index < -0.39 is 5.60 Å². The molecule has 0 saturated heterocycles. The zero-order valence-electron chi connectivity index (χ0n) is 11.2. The summed E-state index contributed by atoms with van der Waals surface area (Å²) >= 11 is 0. The summed E-state index contributed by atoms with van der Waals surface area (Å²) in [5, 5.41) is 10.3. The van der Waals surface area contributed by atoms with Crippen molar-refractivity contribution < 1.29 is 19.4 Å². The summed E-state index contributed by atoms with van der Waals surface area (Å²) in [6, 6.07) is 5.06. The van der Waals surface area contributed by atoms with Crippen molar-refractivity contribution in [3.63, 3.8) is 0 Å². The van der Waals surface area contributed by atoms with Crippen molar-refractivity contribution >= 4 is 6.29 Å². The molecule has 4 heteroatoms. The molecule has 1 aliphatic carbocycles. The average Bonchev–Trinajstić information content (AvgIpc) is 2.85. The first-order valence-electron chi connectivity index (χ1n) is 6.74. The average molecular weight is 264 g/mol. The Bertz CT molecular complexity index is 436. The largest absolute Gasteiger partial charge is 0.490 e. The van der Waals surface area contributed by atoms with Gasteiger partial charge in [-0.2, -0.15) is 0 Å². The molecule has 1 aromatic carbocycles. The van der Waals surface area contributed by atoms with E-state index in [-0.39, 0.29) is 6.61 Å². The summed E-state index contributed by atoms with van der Waals surface area (Å²) in [4.78, 5) is 10.8. The number of ether oxygens (including phenoxy) is 2. The van der Waals surface area contributed by atoms with Gasteiger partial charge < -0.3 is 14.6 Å². The van der Waals surface area contributed by atoms with E-state index in [0.29, 0.717) is 23.7 Å². The first kappa shape index (κ1) is 13.9. The Labute approximate surface area is 113 Å². The summed E-state index contributed by atoms with van der Waals surface area (Å²) in [7, 11) is 0. The predicted molar refractivity (Wildman–Crippen MR) is 71.9 cm³/mol. The number of rotatable bonds is 6. The lowest BCUT2D eigenvalue weighted by Crippen LogP contribution is -2.32. The standard InChI is InChI=1S/C15H20O4/c1-2-18-14-9-12(10-16)5-6-13(14)19-11-15(17)7-3-4-8-15/h5-6,9-10,17H,2-4,7-8,11H2,1H3. The number of aldehydes is 1. The summed E-state index contributed by atoms with van der Waals surface area (Å²) in [5.74, 6) is 1.13. The van der Waals surface area contributed by atoms with Gasteiger partial charge in [0.1, 0.15) is 12.9 Å². The number of carbonyl (C=O) groups excluding carboxylic acids is 1. The van der Waals surface area contributed by atoms with Crippen molar-refractivity contribution in [2.75, 3.05) is 13.2 Å². The Hall–Kier alpha value is -1.55. The van der Waals surface area contributed by atoms with E-state index in [9.17, 15) is 9.90 Å². The minimum Gasteiger partial charge on any atom is -0.490 e. The third-order valence-corrected chi connectivity index (χ3v) is 3.43. The second kappa shape index (κ2) is 6.06. The molecular formula is C15H20O4. The van der Waals surface area contributed by atoms with Crippen LogP contribution in [0, 0.1) is 0 Å². The Morgan fingerprint density at radius 2 is 2.00 bits per heavy atom. The highest BCUT2D eigenvalue weighted by atomic mass is 16.5. The fraction of sp³-hybridized carbons (Fsp3) is 0.533. The van der Waals surface area contributed by atoms with Gasteiger partial charge in [0, 0.05) is 5.56 Å². The number of hydrogen-bond donors (Lipinski definition) is 1. The highest BCUT2D eigenvalue weighted by Gasteiger charge is 2.32. The molecule has 0 amide bonds. The van der Waals surface area contributed by atoms with Crippen molar-refractivity contribution in [2.45, 2.75) is 38.2 Å². The lowest BCUT2D eigenvalue weighted by atomic mass is 10.0. The summed E-state index contributed by atoms with van der Waals surface area (Å²) in [6.07, 6.45) is 4.42. The van der Waals surface area contributed by atoms with Crippen LogP contribution in [-0.4, -0.2) is 30.2 Å². The molecule has 104 valence electrons. The van der Waals surface area contributed by atoms with E-state index in [2.05, 4.69) is 0 Å². The van der Waals surface area contributed by atoms with E-state index in [4.69, 9.17) is 9.47 Å². The fourth-order valence-corrected chi connectivity index (χ4v) is 2.38. The quantitative estimate of drug-likeness (QED) is 0.802. The van der Waals surface area contributed by atoms with E-state index in [0.717, 1.165) is 32.0 Å². The number of benzene rings is 1. The molecule has 0 bridgehead atoms. The molecule has 1 aliphatic rings.